The molecule has 8 nitrogen and oxygen atoms in total. The molecule has 2 heterocycles. The molecule has 0 atom stereocenters. The van der Waals surface area contributed by atoms with E-state index in [-0.39, 0.29) is 18.3 Å². The summed E-state index contributed by atoms with van der Waals surface area (Å²) in [5.41, 5.74) is 2.15. The van der Waals surface area contributed by atoms with E-state index in [1.54, 1.807) is 16.9 Å². The maximum absolute atomic E-state index is 12.3. The number of aromatic nitrogens is 4. The normalized spacial score (nSPS) is 18.9. The van der Waals surface area contributed by atoms with E-state index in [2.05, 4.69) is 20.8 Å². The van der Waals surface area contributed by atoms with Crippen molar-refractivity contribution in [1.82, 2.24) is 25.5 Å². The summed E-state index contributed by atoms with van der Waals surface area (Å²) in [7, 11) is 0. The number of carbonyl (C=O) groups is 1. The van der Waals surface area contributed by atoms with E-state index in [1.807, 2.05) is 30.3 Å². The molecule has 2 N–H and O–H groups in total. The van der Waals surface area contributed by atoms with Gasteiger partial charge in [-0.2, -0.15) is 0 Å². The lowest BCUT2D eigenvalue weighted by Crippen LogP contribution is -2.37. The molecule has 140 valence electrons. The highest BCUT2D eigenvalue weighted by atomic mass is 16.5. The third kappa shape index (κ3) is 4.06. The summed E-state index contributed by atoms with van der Waals surface area (Å²) in [5, 5.41) is 23.8. The number of amides is 1. The zero-order valence-corrected chi connectivity index (χ0v) is 14.8. The van der Waals surface area contributed by atoms with Gasteiger partial charge in [-0.15, -0.1) is 5.10 Å². The molecular weight excluding hydrogens is 346 g/mol. The number of hydrogen-bond donors (Lipinski definition) is 2. The Hall–Kier alpha value is -3.00. The highest BCUT2D eigenvalue weighted by molar-refractivity contribution is 5.92. The van der Waals surface area contributed by atoms with Crippen LogP contribution in [0, 0.1) is 11.8 Å². The molecule has 0 unspecified atom stereocenters. The van der Waals surface area contributed by atoms with Crippen LogP contribution in [-0.4, -0.2) is 37.7 Å². The molecule has 1 fully saturated rings. The first kappa shape index (κ1) is 17.4. The lowest BCUT2D eigenvalue weighted by molar-refractivity contribution is 0.0880. The number of nitrogens with one attached hydrogen (secondary N) is 1. The summed E-state index contributed by atoms with van der Waals surface area (Å²) in [5.74, 6) is 0.965. The Bertz CT molecular complexity index is 899. The molecule has 4 rings (SSSR count). The molecule has 1 aromatic carbocycles. The van der Waals surface area contributed by atoms with E-state index >= 15 is 0 Å². The van der Waals surface area contributed by atoms with Crippen LogP contribution in [0.3, 0.4) is 0 Å². The van der Waals surface area contributed by atoms with Crippen molar-refractivity contribution in [2.24, 2.45) is 11.8 Å². The smallest absolute Gasteiger partial charge is 0.289 e. The monoisotopic (exact) mass is 367 g/mol. The van der Waals surface area contributed by atoms with Gasteiger partial charge >= 0.3 is 0 Å². The van der Waals surface area contributed by atoms with Crippen molar-refractivity contribution < 1.29 is 14.4 Å². The third-order valence-corrected chi connectivity index (χ3v) is 4.88. The van der Waals surface area contributed by atoms with Crippen LogP contribution in [-0.2, 0) is 13.2 Å². The van der Waals surface area contributed by atoms with Crippen LogP contribution in [0.2, 0.25) is 0 Å². The first-order valence-electron chi connectivity index (χ1n) is 9.01. The van der Waals surface area contributed by atoms with Crippen molar-refractivity contribution in [2.45, 2.75) is 26.0 Å². The molecule has 1 aliphatic carbocycles. The minimum atomic E-state index is -0.239. The molecule has 2 aromatic heterocycles. The van der Waals surface area contributed by atoms with Crippen molar-refractivity contribution in [1.29, 1.82) is 0 Å². The summed E-state index contributed by atoms with van der Waals surface area (Å²) in [6, 6.07) is 11.3. The molecular formula is C19H21N5O3. The molecule has 3 aromatic rings. The molecule has 0 saturated heterocycles. The van der Waals surface area contributed by atoms with Crippen LogP contribution in [0.4, 0.5) is 0 Å². The predicted molar refractivity (Wildman–Crippen MR) is 96.4 cm³/mol. The summed E-state index contributed by atoms with van der Waals surface area (Å²) < 4.78 is 6.95. The molecule has 0 bridgehead atoms. The van der Waals surface area contributed by atoms with Gasteiger partial charge in [-0.3, -0.25) is 9.48 Å². The van der Waals surface area contributed by atoms with Crippen molar-refractivity contribution >= 4 is 5.91 Å². The zero-order valence-electron chi connectivity index (χ0n) is 14.8. The lowest BCUT2D eigenvalue weighted by atomic mass is 9.75. The fourth-order valence-corrected chi connectivity index (χ4v) is 3.41. The largest absolute Gasteiger partial charge is 0.390 e. The molecule has 0 spiro atoms. The molecule has 27 heavy (non-hydrogen) atoms. The Balaban J connectivity index is 1.22. The number of benzene rings is 1. The van der Waals surface area contributed by atoms with Gasteiger partial charge in [0.2, 0.25) is 5.76 Å². The van der Waals surface area contributed by atoms with Gasteiger partial charge in [-0.25, -0.2) is 0 Å². The summed E-state index contributed by atoms with van der Waals surface area (Å²) >= 11 is 0. The number of aliphatic hydroxyl groups is 1. The minimum Gasteiger partial charge on any atom is -0.390 e. The first-order chi connectivity index (χ1) is 13.2. The second kappa shape index (κ2) is 7.71. The average molecular weight is 367 g/mol. The van der Waals surface area contributed by atoms with Gasteiger partial charge in [0.15, 0.2) is 0 Å². The van der Waals surface area contributed by atoms with E-state index in [0.29, 0.717) is 29.8 Å². The highest BCUT2D eigenvalue weighted by Crippen LogP contribution is 2.34. The number of nitrogens with zero attached hydrogens (tertiary/aromatic N) is 4. The van der Waals surface area contributed by atoms with E-state index in [1.165, 1.54) is 0 Å². The number of rotatable bonds is 7. The van der Waals surface area contributed by atoms with Crippen LogP contribution >= 0.6 is 0 Å². The first-order valence-corrected chi connectivity index (χ1v) is 9.01. The maximum atomic E-state index is 12.3. The van der Waals surface area contributed by atoms with Crippen LogP contribution in [0.1, 0.15) is 29.1 Å². The topological polar surface area (TPSA) is 106 Å². The van der Waals surface area contributed by atoms with Crippen molar-refractivity contribution in [3.63, 3.8) is 0 Å². The molecule has 0 radical (unpaired) electrons. The van der Waals surface area contributed by atoms with Crippen molar-refractivity contribution in [3.8, 4) is 11.3 Å². The van der Waals surface area contributed by atoms with Crippen LogP contribution in [0.15, 0.2) is 47.1 Å². The van der Waals surface area contributed by atoms with Gasteiger partial charge in [0.05, 0.1) is 12.8 Å². The Kier molecular flexibility index (Phi) is 4.97. The fraction of sp³-hybridized carbons (Fsp3) is 0.368. The zero-order chi connectivity index (χ0) is 18.6. The van der Waals surface area contributed by atoms with Gasteiger partial charge in [0, 0.05) is 24.7 Å². The number of hydrogen-bond acceptors (Lipinski definition) is 6. The Morgan fingerprint density at radius 3 is 2.81 bits per heavy atom. The maximum Gasteiger partial charge on any atom is 0.289 e. The van der Waals surface area contributed by atoms with E-state index in [9.17, 15) is 4.79 Å². The standard InChI is InChI=1S/C19H21N5O3/c25-12-16-11-24(23-21-16)10-14-6-13(7-14)9-20-19(26)18-8-17(22-27-18)15-4-2-1-3-5-15/h1-5,8,11,13-14,25H,6-7,9-10,12H2,(H,20,26). The SMILES string of the molecule is O=C(NCC1CC(Cn2cc(CO)nn2)C1)c1cc(-c2ccccc2)no1. The summed E-state index contributed by atoms with van der Waals surface area (Å²) in [6.45, 7) is 1.32. The number of aliphatic hydroxyl groups excluding tert-OH is 1. The van der Waals surface area contributed by atoms with Crippen LogP contribution in [0.5, 0.6) is 0 Å². The highest BCUT2D eigenvalue weighted by Gasteiger charge is 2.30. The third-order valence-electron chi connectivity index (χ3n) is 4.88. The lowest BCUT2D eigenvalue weighted by Gasteiger charge is -2.35. The van der Waals surface area contributed by atoms with Gasteiger partial charge in [0.25, 0.3) is 5.91 Å². The van der Waals surface area contributed by atoms with Crippen molar-refractivity contribution in [2.75, 3.05) is 6.54 Å². The van der Waals surface area contributed by atoms with E-state index < -0.39 is 0 Å². The fourth-order valence-electron chi connectivity index (χ4n) is 3.41. The summed E-state index contributed by atoms with van der Waals surface area (Å²) in [4.78, 5) is 12.3. The molecule has 0 aliphatic heterocycles. The molecule has 1 aliphatic rings. The minimum absolute atomic E-state index is 0.0903. The van der Waals surface area contributed by atoms with Gasteiger partial charge in [0.1, 0.15) is 11.4 Å². The second-order valence-corrected chi connectivity index (χ2v) is 6.95. The van der Waals surface area contributed by atoms with Gasteiger partial charge < -0.3 is 14.9 Å². The molecule has 1 saturated carbocycles. The van der Waals surface area contributed by atoms with Crippen molar-refractivity contribution in [3.05, 3.63) is 54.0 Å². The average Bonchev–Trinajstić information content (AvgIpc) is 3.33. The molecule has 1 amide bonds. The Morgan fingerprint density at radius 1 is 1.26 bits per heavy atom. The Morgan fingerprint density at radius 2 is 2.07 bits per heavy atom. The van der Waals surface area contributed by atoms with E-state index in [4.69, 9.17) is 9.63 Å². The summed E-state index contributed by atoms with van der Waals surface area (Å²) in [6.07, 6.45) is 3.82. The second-order valence-electron chi connectivity index (χ2n) is 6.95. The number of carbonyl (C=O) groups excluding carboxylic acids is 1. The van der Waals surface area contributed by atoms with Crippen LogP contribution in [0.25, 0.3) is 11.3 Å². The Labute approximate surface area is 156 Å². The molecule has 8 heteroatoms. The predicted octanol–water partition coefficient (Wildman–Crippen LogP) is 1.88. The van der Waals surface area contributed by atoms with Crippen LogP contribution < -0.4 is 5.32 Å². The van der Waals surface area contributed by atoms with Gasteiger partial charge in [-0.05, 0) is 24.7 Å². The quantitative estimate of drug-likeness (QED) is 0.660. The van der Waals surface area contributed by atoms with E-state index in [0.717, 1.165) is 24.9 Å². The van der Waals surface area contributed by atoms with Gasteiger partial charge in [-0.1, -0.05) is 40.7 Å².